The Morgan fingerprint density at radius 2 is 2.09 bits per heavy atom. The zero-order valence-electron chi connectivity index (χ0n) is 11.8. The van der Waals surface area contributed by atoms with E-state index in [0.717, 1.165) is 0 Å². The van der Waals surface area contributed by atoms with E-state index in [9.17, 15) is 15.0 Å². The summed E-state index contributed by atoms with van der Waals surface area (Å²) in [6, 6.07) is 7.57. The number of hydrogen-bond acceptors (Lipinski definition) is 6. The molecule has 0 saturated carbocycles. The van der Waals surface area contributed by atoms with Crippen LogP contribution < -0.4 is 0 Å². The van der Waals surface area contributed by atoms with Crippen molar-refractivity contribution < 1.29 is 20.1 Å². The third-order valence-electron chi connectivity index (χ3n) is 3.28. The molecule has 0 aliphatic carbocycles. The lowest BCUT2D eigenvalue weighted by atomic mass is 10.1. The van der Waals surface area contributed by atoms with Gasteiger partial charge >= 0.3 is 5.97 Å². The molecule has 0 fully saturated rings. The number of aromatic nitrogens is 4. The van der Waals surface area contributed by atoms with E-state index >= 15 is 0 Å². The van der Waals surface area contributed by atoms with E-state index in [0.29, 0.717) is 22.6 Å². The molecule has 8 heteroatoms. The van der Waals surface area contributed by atoms with Crippen LogP contribution in [0.1, 0.15) is 16.1 Å². The van der Waals surface area contributed by atoms with Gasteiger partial charge in [0.05, 0.1) is 12.3 Å². The third-order valence-corrected chi connectivity index (χ3v) is 3.28. The molecule has 1 aromatic carbocycles. The Bertz CT molecular complexity index is 861. The van der Waals surface area contributed by atoms with Crippen molar-refractivity contribution in [2.24, 2.45) is 0 Å². The van der Waals surface area contributed by atoms with Crippen LogP contribution in [0.3, 0.4) is 0 Å². The standard InChI is InChI=1S/C15H12N4O4/c20-8-12-14(9-2-1-5-16-7-9)19(18-17-12)10-3-4-13(21)11(6-10)15(22)23/h1-7,20-21H,8H2,(H,22,23). The van der Waals surface area contributed by atoms with Gasteiger partial charge in [0.1, 0.15) is 22.7 Å². The summed E-state index contributed by atoms with van der Waals surface area (Å²) in [5, 5.41) is 36.1. The Morgan fingerprint density at radius 3 is 2.74 bits per heavy atom. The first-order valence-corrected chi connectivity index (χ1v) is 6.64. The van der Waals surface area contributed by atoms with Gasteiger partial charge in [-0.15, -0.1) is 5.10 Å². The lowest BCUT2D eigenvalue weighted by Gasteiger charge is -2.09. The van der Waals surface area contributed by atoms with Crippen molar-refractivity contribution in [1.29, 1.82) is 0 Å². The number of carboxylic acid groups (broad SMARTS) is 1. The van der Waals surface area contributed by atoms with Crippen LogP contribution in [0, 0.1) is 0 Å². The number of hydrogen-bond donors (Lipinski definition) is 3. The first-order chi connectivity index (χ1) is 11.1. The summed E-state index contributed by atoms with van der Waals surface area (Å²) in [5.74, 6) is -1.60. The zero-order chi connectivity index (χ0) is 16.4. The number of aliphatic hydroxyl groups excluding tert-OH is 1. The van der Waals surface area contributed by atoms with Gasteiger partial charge in [0.2, 0.25) is 0 Å². The summed E-state index contributed by atoms with van der Waals surface area (Å²) in [4.78, 5) is 15.2. The van der Waals surface area contributed by atoms with Crippen LogP contribution in [0.2, 0.25) is 0 Å². The predicted octanol–water partition coefficient (Wildman–Crippen LogP) is 1.23. The molecule has 0 atom stereocenters. The molecule has 0 amide bonds. The van der Waals surface area contributed by atoms with Gasteiger partial charge in [-0.3, -0.25) is 4.98 Å². The summed E-state index contributed by atoms with van der Waals surface area (Å²) < 4.78 is 1.40. The van der Waals surface area contributed by atoms with Crippen LogP contribution in [0.4, 0.5) is 0 Å². The minimum atomic E-state index is -1.25. The molecule has 0 aliphatic rings. The van der Waals surface area contributed by atoms with Gasteiger partial charge in [-0.1, -0.05) is 5.21 Å². The Kier molecular flexibility index (Phi) is 3.73. The zero-order valence-corrected chi connectivity index (χ0v) is 11.8. The lowest BCUT2D eigenvalue weighted by Crippen LogP contribution is -2.04. The van der Waals surface area contributed by atoms with Gasteiger partial charge in [0, 0.05) is 18.0 Å². The van der Waals surface area contributed by atoms with Crippen molar-refractivity contribution in [2.45, 2.75) is 6.61 Å². The Balaban J connectivity index is 2.20. The molecule has 0 spiro atoms. The van der Waals surface area contributed by atoms with Crippen LogP contribution in [0.25, 0.3) is 16.9 Å². The van der Waals surface area contributed by atoms with Gasteiger partial charge in [-0.25, -0.2) is 9.48 Å². The Hall–Kier alpha value is -3.26. The maximum absolute atomic E-state index is 11.2. The van der Waals surface area contributed by atoms with Crippen molar-refractivity contribution in [2.75, 3.05) is 0 Å². The average molecular weight is 312 g/mol. The first-order valence-electron chi connectivity index (χ1n) is 6.64. The second-order valence-electron chi connectivity index (χ2n) is 4.70. The fraction of sp³-hybridized carbons (Fsp3) is 0.0667. The second kappa shape index (κ2) is 5.85. The molecule has 3 rings (SSSR count). The molecule has 0 bridgehead atoms. The quantitative estimate of drug-likeness (QED) is 0.662. The number of benzene rings is 1. The van der Waals surface area contributed by atoms with Crippen LogP contribution in [-0.4, -0.2) is 41.3 Å². The van der Waals surface area contributed by atoms with Gasteiger partial charge < -0.3 is 15.3 Å². The Labute approximate surface area is 130 Å². The minimum Gasteiger partial charge on any atom is -0.507 e. The summed E-state index contributed by atoms with van der Waals surface area (Å²) in [5.41, 5.74) is 1.66. The van der Waals surface area contributed by atoms with Crippen LogP contribution >= 0.6 is 0 Å². The van der Waals surface area contributed by atoms with Crippen molar-refractivity contribution in [1.82, 2.24) is 20.0 Å². The molecule has 0 aliphatic heterocycles. The number of carboxylic acids is 1. The third kappa shape index (κ3) is 2.62. The highest BCUT2D eigenvalue weighted by Gasteiger charge is 2.18. The molecule has 3 aromatic rings. The molecule has 0 radical (unpaired) electrons. The molecule has 3 N–H and O–H groups in total. The highest BCUT2D eigenvalue weighted by atomic mass is 16.4. The fourth-order valence-electron chi connectivity index (χ4n) is 2.22. The van der Waals surface area contributed by atoms with E-state index < -0.39 is 5.97 Å². The number of phenols is 1. The molecule has 8 nitrogen and oxygen atoms in total. The summed E-state index contributed by atoms with van der Waals surface area (Å²) >= 11 is 0. The van der Waals surface area contributed by atoms with Crippen LogP contribution in [-0.2, 0) is 6.61 Å². The van der Waals surface area contributed by atoms with Crippen LogP contribution in [0.5, 0.6) is 5.75 Å². The predicted molar refractivity (Wildman–Crippen MR) is 79.1 cm³/mol. The molecular weight excluding hydrogens is 300 g/mol. The molecule has 2 heterocycles. The minimum absolute atomic E-state index is 0.249. The molecule has 0 unspecified atom stereocenters. The second-order valence-corrected chi connectivity index (χ2v) is 4.70. The van der Waals surface area contributed by atoms with E-state index in [4.69, 9.17) is 5.11 Å². The number of aromatic carboxylic acids is 1. The van der Waals surface area contributed by atoms with E-state index in [2.05, 4.69) is 15.3 Å². The van der Waals surface area contributed by atoms with Gasteiger partial charge in [0.15, 0.2) is 0 Å². The smallest absolute Gasteiger partial charge is 0.339 e. The van der Waals surface area contributed by atoms with Crippen molar-refractivity contribution >= 4 is 5.97 Å². The van der Waals surface area contributed by atoms with Gasteiger partial charge in [0.25, 0.3) is 0 Å². The van der Waals surface area contributed by atoms with Gasteiger partial charge in [-0.2, -0.15) is 0 Å². The Morgan fingerprint density at radius 1 is 1.26 bits per heavy atom. The van der Waals surface area contributed by atoms with E-state index in [1.54, 1.807) is 24.5 Å². The molecule has 2 aromatic heterocycles. The fourth-order valence-corrected chi connectivity index (χ4v) is 2.22. The average Bonchev–Trinajstić information content (AvgIpc) is 2.99. The molecule has 116 valence electrons. The van der Waals surface area contributed by atoms with E-state index in [-0.39, 0.29) is 17.9 Å². The van der Waals surface area contributed by atoms with Crippen molar-refractivity contribution in [3.8, 4) is 22.7 Å². The number of carbonyl (C=O) groups is 1. The monoisotopic (exact) mass is 312 g/mol. The number of aliphatic hydroxyl groups is 1. The highest BCUT2D eigenvalue weighted by Crippen LogP contribution is 2.27. The molecular formula is C15H12N4O4. The number of aromatic hydroxyl groups is 1. The maximum Gasteiger partial charge on any atom is 0.339 e. The summed E-state index contributed by atoms with van der Waals surface area (Å²) in [6.07, 6.45) is 3.20. The normalized spacial score (nSPS) is 10.7. The summed E-state index contributed by atoms with van der Waals surface area (Å²) in [6.45, 7) is -0.325. The first kappa shape index (κ1) is 14.7. The van der Waals surface area contributed by atoms with Gasteiger partial charge in [-0.05, 0) is 30.3 Å². The molecule has 23 heavy (non-hydrogen) atoms. The summed E-state index contributed by atoms with van der Waals surface area (Å²) in [7, 11) is 0. The maximum atomic E-state index is 11.2. The lowest BCUT2D eigenvalue weighted by molar-refractivity contribution is 0.0693. The van der Waals surface area contributed by atoms with Crippen molar-refractivity contribution in [3.63, 3.8) is 0 Å². The topological polar surface area (TPSA) is 121 Å². The van der Waals surface area contributed by atoms with E-state index in [1.807, 2.05) is 0 Å². The SMILES string of the molecule is O=C(O)c1cc(-n2nnc(CO)c2-c2cccnc2)ccc1O. The number of pyridine rings is 1. The number of nitrogens with zero attached hydrogens (tertiary/aromatic N) is 4. The largest absolute Gasteiger partial charge is 0.507 e. The molecule has 0 saturated heterocycles. The number of rotatable bonds is 4. The van der Waals surface area contributed by atoms with Crippen LogP contribution in [0.15, 0.2) is 42.7 Å². The van der Waals surface area contributed by atoms with Crippen molar-refractivity contribution in [3.05, 3.63) is 54.0 Å². The van der Waals surface area contributed by atoms with E-state index in [1.165, 1.54) is 22.9 Å². The highest BCUT2D eigenvalue weighted by molar-refractivity contribution is 5.91.